The van der Waals surface area contributed by atoms with E-state index in [4.69, 9.17) is 4.74 Å². The van der Waals surface area contributed by atoms with Gasteiger partial charge in [0.15, 0.2) is 0 Å². The molecule has 4 nitrogen and oxygen atoms in total. The van der Waals surface area contributed by atoms with Gasteiger partial charge in [0.05, 0.1) is 0 Å². The van der Waals surface area contributed by atoms with Crippen LogP contribution in [0.3, 0.4) is 0 Å². The molecule has 0 aromatic heterocycles. The van der Waals surface area contributed by atoms with Crippen molar-refractivity contribution >= 4 is 11.9 Å². The van der Waals surface area contributed by atoms with Crippen molar-refractivity contribution < 1.29 is 14.3 Å². The number of ether oxygens (including phenoxy) is 1. The van der Waals surface area contributed by atoms with E-state index in [9.17, 15) is 9.59 Å². The Morgan fingerprint density at radius 2 is 1.53 bits per heavy atom. The molecule has 100 valence electrons. The average molecular weight is 243 g/mol. The lowest BCUT2D eigenvalue weighted by Gasteiger charge is -2.24. The Kier molecular flexibility index (Phi) is 5.66. The molecule has 1 N–H and O–H groups in total. The van der Waals surface area contributed by atoms with E-state index in [2.05, 4.69) is 5.32 Å². The van der Waals surface area contributed by atoms with Crippen LogP contribution < -0.4 is 5.32 Å². The lowest BCUT2D eigenvalue weighted by molar-refractivity contribution is -0.158. The molecule has 1 unspecified atom stereocenters. The van der Waals surface area contributed by atoms with Crippen LogP contribution in [0.5, 0.6) is 0 Å². The van der Waals surface area contributed by atoms with Crippen molar-refractivity contribution in [2.45, 2.75) is 60.1 Å². The second-order valence-electron chi connectivity index (χ2n) is 5.80. The molecule has 0 aliphatic carbocycles. The molecular weight excluding hydrogens is 218 g/mol. The maximum Gasteiger partial charge on any atom is 0.328 e. The molecule has 4 heteroatoms. The van der Waals surface area contributed by atoms with Gasteiger partial charge in [-0.2, -0.15) is 0 Å². The summed E-state index contributed by atoms with van der Waals surface area (Å²) >= 11 is 0. The van der Waals surface area contributed by atoms with Crippen LogP contribution in [0.15, 0.2) is 0 Å². The minimum absolute atomic E-state index is 0.111. The van der Waals surface area contributed by atoms with Crippen molar-refractivity contribution in [3.05, 3.63) is 0 Å². The molecule has 0 aromatic rings. The zero-order chi connectivity index (χ0) is 13.8. The number of hydrogen-bond donors (Lipinski definition) is 1. The van der Waals surface area contributed by atoms with Gasteiger partial charge in [-0.1, -0.05) is 20.8 Å². The number of nitrogens with one attached hydrogen (secondary N) is 1. The van der Waals surface area contributed by atoms with Crippen molar-refractivity contribution in [3.63, 3.8) is 0 Å². The highest BCUT2D eigenvalue weighted by Gasteiger charge is 2.25. The van der Waals surface area contributed by atoms with Crippen molar-refractivity contribution in [1.82, 2.24) is 5.32 Å². The van der Waals surface area contributed by atoms with E-state index < -0.39 is 17.6 Å². The number of rotatable bonds is 4. The quantitative estimate of drug-likeness (QED) is 0.769. The minimum Gasteiger partial charge on any atom is -0.458 e. The Morgan fingerprint density at radius 3 is 1.88 bits per heavy atom. The van der Waals surface area contributed by atoms with Gasteiger partial charge >= 0.3 is 5.97 Å². The summed E-state index contributed by atoms with van der Waals surface area (Å²) in [5.74, 6) is -0.374. The third kappa shape index (κ3) is 6.29. The van der Waals surface area contributed by atoms with Crippen LogP contribution in [-0.2, 0) is 14.3 Å². The monoisotopic (exact) mass is 243 g/mol. The molecule has 2 atom stereocenters. The summed E-state index contributed by atoms with van der Waals surface area (Å²) in [6.45, 7) is 12.8. The van der Waals surface area contributed by atoms with Gasteiger partial charge in [-0.15, -0.1) is 0 Å². The van der Waals surface area contributed by atoms with E-state index in [-0.39, 0.29) is 17.7 Å². The molecule has 0 spiro atoms. The number of esters is 1. The van der Waals surface area contributed by atoms with Crippen LogP contribution in [0, 0.1) is 11.8 Å². The van der Waals surface area contributed by atoms with Gasteiger partial charge < -0.3 is 10.1 Å². The maximum absolute atomic E-state index is 11.7. The van der Waals surface area contributed by atoms with Crippen LogP contribution >= 0.6 is 0 Å². The van der Waals surface area contributed by atoms with Crippen molar-refractivity contribution in [2.75, 3.05) is 0 Å². The Hall–Kier alpha value is -1.06. The molecule has 0 saturated carbocycles. The van der Waals surface area contributed by atoms with Crippen molar-refractivity contribution in [1.29, 1.82) is 0 Å². The normalized spacial score (nSPS) is 15.3. The molecule has 0 fully saturated rings. The predicted molar refractivity (Wildman–Crippen MR) is 67.5 cm³/mol. The minimum atomic E-state index is -0.608. The van der Waals surface area contributed by atoms with Crippen LogP contribution in [0.2, 0.25) is 0 Å². The highest BCUT2D eigenvalue weighted by molar-refractivity contribution is 5.85. The van der Waals surface area contributed by atoms with Crippen molar-refractivity contribution in [2.24, 2.45) is 11.8 Å². The molecular formula is C13H25NO3. The smallest absolute Gasteiger partial charge is 0.328 e. The van der Waals surface area contributed by atoms with Gasteiger partial charge in [0.2, 0.25) is 5.91 Å². The zero-order valence-electron chi connectivity index (χ0n) is 12.0. The third-order valence-corrected chi connectivity index (χ3v) is 2.53. The van der Waals surface area contributed by atoms with Crippen LogP contribution in [-0.4, -0.2) is 23.5 Å². The van der Waals surface area contributed by atoms with Gasteiger partial charge in [0, 0.05) is 5.92 Å². The molecule has 0 rings (SSSR count). The molecule has 0 saturated heterocycles. The number of carbonyl (C=O) groups is 2. The van der Waals surface area contributed by atoms with Crippen molar-refractivity contribution in [3.8, 4) is 0 Å². The van der Waals surface area contributed by atoms with Gasteiger partial charge in [0.25, 0.3) is 0 Å². The maximum atomic E-state index is 11.7. The lowest BCUT2D eigenvalue weighted by Crippen LogP contribution is -2.44. The van der Waals surface area contributed by atoms with Gasteiger partial charge in [-0.05, 0) is 33.6 Å². The fraction of sp³-hybridized carbons (Fsp3) is 0.846. The van der Waals surface area contributed by atoms with E-state index >= 15 is 0 Å². The van der Waals surface area contributed by atoms with Gasteiger partial charge in [-0.3, -0.25) is 4.79 Å². The highest BCUT2D eigenvalue weighted by atomic mass is 16.6. The zero-order valence-corrected chi connectivity index (χ0v) is 12.0. The lowest BCUT2D eigenvalue weighted by atomic mass is 9.97. The summed E-state index contributed by atoms with van der Waals surface area (Å²) in [5, 5.41) is 2.67. The molecule has 0 aromatic carbocycles. The first-order chi connectivity index (χ1) is 7.54. The van der Waals surface area contributed by atoms with E-state index in [1.807, 2.05) is 20.8 Å². The molecule has 0 radical (unpaired) electrons. The fourth-order valence-electron chi connectivity index (χ4n) is 1.10. The number of carbonyl (C=O) groups excluding carboxylic acids is 2. The topological polar surface area (TPSA) is 55.4 Å². The molecule has 0 aliphatic rings. The molecule has 0 heterocycles. The largest absolute Gasteiger partial charge is 0.458 e. The summed E-state index contributed by atoms with van der Waals surface area (Å²) in [5.41, 5.74) is -0.528. The third-order valence-electron chi connectivity index (χ3n) is 2.53. The van der Waals surface area contributed by atoms with E-state index in [1.54, 1.807) is 27.7 Å². The Balaban J connectivity index is 4.31. The van der Waals surface area contributed by atoms with Crippen LogP contribution in [0.4, 0.5) is 0 Å². The second kappa shape index (κ2) is 6.03. The Bertz CT molecular complexity index is 279. The van der Waals surface area contributed by atoms with Gasteiger partial charge in [0.1, 0.15) is 11.6 Å². The molecule has 0 aliphatic heterocycles. The SMILES string of the molecule is CC(C)C(C)C(=O)N[C@H](C)C(=O)OC(C)(C)C. The summed E-state index contributed by atoms with van der Waals surface area (Å²) in [6, 6.07) is -0.608. The first-order valence-corrected chi connectivity index (χ1v) is 6.08. The van der Waals surface area contributed by atoms with Crippen LogP contribution in [0.25, 0.3) is 0 Å². The highest BCUT2D eigenvalue weighted by Crippen LogP contribution is 2.11. The summed E-state index contributed by atoms with van der Waals surface area (Å²) in [6.07, 6.45) is 0. The number of amides is 1. The van der Waals surface area contributed by atoms with E-state index in [0.29, 0.717) is 0 Å². The summed E-state index contributed by atoms with van der Waals surface area (Å²) in [7, 11) is 0. The summed E-state index contributed by atoms with van der Waals surface area (Å²) in [4.78, 5) is 23.4. The molecule has 0 bridgehead atoms. The molecule has 1 amide bonds. The second-order valence-corrected chi connectivity index (χ2v) is 5.80. The summed E-state index contributed by atoms with van der Waals surface area (Å²) < 4.78 is 5.19. The predicted octanol–water partition coefficient (Wildman–Crippen LogP) is 2.12. The van der Waals surface area contributed by atoms with Gasteiger partial charge in [-0.25, -0.2) is 4.79 Å². The Morgan fingerprint density at radius 1 is 1.06 bits per heavy atom. The first kappa shape index (κ1) is 15.9. The Labute approximate surface area is 104 Å². The van der Waals surface area contributed by atoms with Crippen LogP contribution in [0.1, 0.15) is 48.5 Å². The fourth-order valence-corrected chi connectivity index (χ4v) is 1.10. The average Bonchev–Trinajstić information content (AvgIpc) is 2.13. The first-order valence-electron chi connectivity index (χ1n) is 6.08. The van der Waals surface area contributed by atoms with E-state index in [1.165, 1.54) is 0 Å². The number of hydrogen-bond acceptors (Lipinski definition) is 3. The standard InChI is InChI=1S/C13H25NO3/c1-8(2)9(3)11(15)14-10(4)12(16)17-13(5,6)7/h8-10H,1-7H3,(H,14,15)/t9?,10-/m1/s1. The van der Waals surface area contributed by atoms with E-state index in [0.717, 1.165) is 0 Å². The molecule has 17 heavy (non-hydrogen) atoms.